The Morgan fingerprint density at radius 2 is 1.05 bits per heavy atom. The van der Waals surface area contributed by atoms with E-state index in [0.717, 1.165) is 6.42 Å². The van der Waals surface area contributed by atoms with E-state index in [9.17, 15) is 0 Å². The van der Waals surface area contributed by atoms with Crippen LogP contribution in [0.15, 0.2) is 146 Å². The van der Waals surface area contributed by atoms with Gasteiger partial charge in [0.1, 0.15) is 0 Å². The van der Waals surface area contributed by atoms with Crippen LogP contribution in [0.4, 0.5) is 39.8 Å². The third-order valence-electron chi connectivity index (χ3n) is 21.1. The van der Waals surface area contributed by atoms with E-state index in [1.165, 1.54) is 162 Å². The van der Waals surface area contributed by atoms with Crippen LogP contribution in [0.2, 0.25) is 0 Å². The lowest BCUT2D eigenvalue weighted by Gasteiger charge is -2.54. The summed E-state index contributed by atoms with van der Waals surface area (Å²) in [5.74, 6) is 0. The van der Waals surface area contributed by atoms with Gasteiger partial charge in [0.05, 0.1) is 16.8 Å². The summed E-state index contributed by atoms with van der Waals surface area (Å²) in [6.07, 6.45) is 9.67. The van der Waals surface area contributed by atoms with Crippen LogP contribution in [0, 0.1) is 13.8 Å². The standard InChI is InChI=1S/C72H76BN3/c1-45-38-46(2)64-66-63(45)70(10)35-19-21-37-72(70,12)76(66)62-44-54(75-59-31-28-50(47-22-14-13-15-23-47)40-56(59)69(9)34-18-20-36-71(69,75)11)43-61-65(62)73(64)57-42-53(68(6,7)8)30-33-60(57)74(61)58-32-29-52(67(3,4)5)41-55(58)51-27-26-48-24-16-17-25-49(48)39-51/h13-17,22-33,38-44H,18-21,34-37H2,1-12H3. The number of hydrogen-bond donors (Lipinski definition) is 0. The third-order valence-corrected chi connectivity index (χ3v) is 21.1. The first kappa shape index (κ1) is 47.9. The van der Waals surface area contributed by atoms with Crippen molar-refractivity contribution in [3.05, 3.63) is 179 Å². The van der Waals surface area contributed by atoms with Gasteiger partial charge in [0.15, 0.2) is 0 Å². The van der Waals surface area contributed by atoms with E-state index >= 15 is 0 Å². The smallest absolute Gasteiger partial charge is 0.252 e. The molecule has 4 unspecified atom stereocenters. The Hall–Kier alpha value is -6.52. The van der Waals surface area contributed by atoms with E-state index in [2.05, 4.69) is 243 Å². The largest absolute Gasteiger partial charge is 0.335 e. The predicted octanol–water partition coefficient (Wildman–Crippen LogP) is 17.5. The summed E-state index contributed by atoms with van der Waals surface area (Å²) in [6.45, 7) is 29.8. The Bertz CT molecular complexity index is 3760. The Morgan fingerprint density at radius 1 is 0.447 bits per heavy atom. The van der Waals surface area contributed by atoms with Crippen LogP contribution in [0.5, 0.6) is 0 Å². The van der Waals surface area contributed by atoms with Gasteiger partial charge < -0.3 is 14.7 Å². The molecule has 0 amide bonds. The summed E-state index contributed by atoms with van der Waals surface area (Å²) >= 11 is 0. The first-order valence-corrected chi connectivity index (χ1v) is 29.0. The second kappa shape index (κ2) is 16.0. The lowest BCUT2D eigenvalue weighted by Crippen LogP contribution is -2.65. The van der Waals surface area contributed by atoms with E-state index in [1.807, 2.05) is 0 Å². The molecular formula is C72H76BN3. The van der Waals surface area contributed by atoms with Crippen LogP contribution in [-0.4, -0.2) is 17.8 Å². The molecule has 4 heteroatoms. The minimum Gasteiger partial charge on any atom is -0.335 e. The highest BCUT2D eigenvalue weighted by molar-refractivity contribution is 7.00. The van der Waals surface area contributed by atoms with Crippen molar-refractivity contribution in [1.29, 1.82) is 0 Å². The summed E-state index contributed by atoms with van der Waals surface area (Å²) in [7, 11) is 0. The zero-order valence-electron chi connectivity index (χ0n) is 47.4. The van der Waals surface area contributed by atoms with Crippen LogP contribution >= 0.6 is 0 Å². The zero-order valence-corrected chi connectivity index (χ0v) is 47.4. The molecule has 0 N–H and O–H groups in total. The van der Waals surface area contributed by atoms with Crippen LogP contribution in [-0.2, 0) is 21.7 Å². The summed E-state index contributed by atoms with van der Waals surface area (Å²) < 4.78 is 0. The molecule has 4 atom stereocenters. The quantitative estimate of drug-likeness (QED) is 0.163. The molecule has 2 fully saturated rings. The molecular weight excluding hydrogens is 918 g/mol. The number of benzene rings is 8. The molecule has 0 aromatic heterocycles. The van der Waals surface area contributed by atoms with Crippen molar-refractivity contribution >= 4 is 73.7 Å². The third kappa shape index (κ3) is 6.36. The second-order valence-corrected chi connectivity index (χ2v) is 27.3. The Kier molecular flexibility index (Phi) is 10.1. The van der Waals surface area contributed by atoms with Gasteiger partial charge in [-0.15, -0.1) is 0 Å². The Labute approximate surface area is 454 Å². The predicted molar refractivity (Wildman–Crippen MR) is 327 cm³/mol. The fraction of sp³-hybridized carbons (Fsp3) is 0.361. The average Bonchev–Trinajstić information content (AvgIpc) is 4.00. The molecule has 76 heavy (non-hydrogen) atoms. The summed E-state index contributed by atoms with van der Waals surface area (Å²) in [6, 6.07) is 57.6. The molecule has 0 spiro atoms. The van der Waals surface area contributed by atoms with Crippen LogP contribution in [0.1, 0.15) is 154 Å². The monoisotopic (exact) mass is 994 g/mol. The van der Waals surface area contributed by atoms with E-state index < -0.39 is 0 Å². The number of aryl methyl sites for hydroxylation is 2. The average molecular weight is 994 g/mol. The first-order valence-electron chi connectivity index (χ1n) is 29.0. The molecule has 6 aliphatic rings. The van der Waals surface area contributed by atoms with Crippen molar-refractivity contribution in [2.75, 3.05) is 14.7 Å². The van der Waals surface area contributed by atoms with Crippen molar-refractivity contribution in [3.63, 3.8) is 0 Å². The van der Waals surface area contributed by atoms with Crippen molar-refractivity contribution in [1.82, 2.24) is 0 Å². The molecule has 4 aliphatic heterocycles. The fourth-order valence-electron chi connectivity index (χ4n) is 16.6. The highest BCUT2D eigenvalue weighted by atomic mass is 15.3. The van der Waals surface area contributed by atoms with Gasteiger partial charge in [-0.2, -0.15) is 0 Å². The minimum absolute atomic E-state index is 0.00663. The normalized spacial score (nSPS) is 24.0. The number of fused-ring (bicyclic) bond motifs is 11. The van der Waals surface area contributed by atoms with Crippen LogP contribution in [0.25, 0.3) is 33.0 Å². The molecule has 8 aromatic rings. The summed E-state index contributed by atoms with van der Waals surface area (Å²) in [5, 5.41) is 2.54. The summed E-state index contributed by atoms with van der Waals surface area (Å²) in [4.78, 5) is 8.61. The van der Waals surface area contributed by atoms with Crippen molar-refractivity contribution in [3.8, 4) is 22.3 Å². The maximum absolute atomic E-state index is 2.98. The number of anilines is 7. The van der Waals surface area contributed by atoms with Crippen molar-refractivity contribution in [2.24, 2.45) is 0 Å². The fourth-order valence-corrected chi connectivity index (χ4v) is 16.6. The molecule has 3 nitrogen and oxygen atoms in total. The lowest BCUT2D eigenvalue weighted by molar-refractivity contribution is 0.193. The van der Waals surface area contributed by atoms with Crippen molar-refractivity contribution < 1.29 is 0 Å². The van der Waals surface area contributed by atoms with Gasteiger partial charge in [-0.25, -0.2) is 0 Å². The molecule has 2 aliphatic carbocycles. The Balaban J connectivity index is 1.12. The van der Waals surface area contributed by atoms with E-state index in [4.69, 9.17) is 0 Å². The first-order chi connectivity index (χ1) is 36.2. The van der Waals surface area contributed by atoms with E-state index in [0.29, 0.717) is 0 Å². The van der Waals surface area contributed by atoms with Gasteiger partial charge in [0.2, 0.25) is 0 Å². The Morgan fingerprint density at radius 3 is 1.78 bits per heavy atom. The highest BCUT2D eigenvalue weighted by Crippen LogP contribution is 2.66. The molecule has 0 bridgehead atoms. The number of rotatable bonds is 4. The molecule has 14 rings (SSSR count). The van der Waals surface area contributed by atoms with Gasteiger partial charge in [0.25, 0.3) is 6.71 Å². The SMILES string of the molecule is Cc1cc(C)c2c3c1B1c4cc(C(C)(C)C)ccc4N(c4ccc(C(C)(C)C)cc4-c4ccc5ccccc5c4)c4cc(N5c6ccc(-c7ccccc7)cc6C6(C)CCCCC56C)cc(c41)N3C1(C)CCCCC21C. The van der Waals surface area contributed by atoms with Crippen molar-refractivity contribution in [2.45, 2.75) is 167 Å². The molecule has 0 radical (unpaired) electrons. The van der Waals surface area contributed by atoms with Crippen LogP contribution in [0.3, 0.4) is 0 Å². The number of nitrogens with zero attached hydrogens (tertiary/aromatic N) is 3. The second-order valence-electron chi connectivity index (χ2n) is 27.3. The molecule has 8 aromatic carbocycles. The molecule has 382 valence electrons. The van der Waals surface area contributed by atoms with Gasteiger partial charge in [0, 0.05) is 50.5 Å². The maximum Gasteiger partial charge on any atom is 0.252 e. The zero-order chi connectivity index (χ0) is 52.6. The highest BCUT2D eigenvalue weighted by Gasteiger charge is 2.63. The molecule has 0 saturated heterocycles. The molecule has 4 heterocycles. The van der Waals surface area contributed by atoms with Gasteiger partial charge in [-0.05, 0) is 184 Å². The van der Waals surface area contributed by atoms with Gasteiger partial charge in [-0.1, -0.05) is 184 Å². The topological polar surface area (TPSA) is 9.72 Å². The summed E-state index contributed by atoms with van der Waals surface area (Å²) in [5.41, 5.74) is 27.3. The van der Waals surface area contributed by atoms with Gasteiger partial charge in [-0.3, -0.25) is 0 Å². The number of hydrogen-bond acceptors (Lipinski definition) is 3. The lowest BCUT2D eigenvalue weighted by atomic mass is 9.32. The molecule has 2 saturated carbocycles. The van der Waals surface area contributed by atoms with Gasteiger partial charge >= 0.3 is 0 Å². The van der Waals surface area contributed by atoms with Crippen LogP contribution < -0.4 is 31.1 Å². The maximum atomic E-state index is 2.98. The van der Waals surface area contributed by atoms with E-state index in [1.54, 1.807) is 5.56 Å². The minimum atomic E-state index is -0.147. The van der Waals surface area contributed by atoms with E-state index in [-0.39, 0.29) is 39.5 Å².